The summed E-state index contributed by atoms with van der Waals surface area (Å²) in [4.78, 5) is 30.0. The zero-order valence-electron chi connectivity index (χ0n) is 16.6. The van der Waals surface area contributed by atoms with Gasteiger partial charge in [0.1, 0.15) is 5.02 Å². The fourth-order valence-corrected chi connectivity index (χ4v) is 4.46. The zero-order chi connectivity index (χ0) is 22.4. The number of imidazole rings is 1. The Morgan fingerprint density at radius 1 is 1.25 bits per heavy atom. The van der Waals surface area contributed by atoms with E-state index in [2.05, 4.69) is 4.98 Å². The number of aryl methyl sites for hydroxylation is 1. The summed E-state index contributed by atoms with van der Waals surface area (Å²) in [6.45, 7) is 2.09. The fraction of sp³-hybridized carbons (Fsp3) is 0.0909. The monoisotopic (exact) mass is 467 g/mol. The molecule has 0 aliphatic carbocycles. The molecule has 1 aliphatic rings. The molecule has 0 spiro atoms. The number of aromatic nitrogens is 2. The third-order valence-electron chi connectivity index (χ3n) is 4.94. The molecule has 3 heterocycles. The number of ether oxygens (including phenoxy) is 2. The van der Waals surface area contributed by atoms with Crippen LogP contribution in [0.3, 0.4) is 0 Å². The first-order valence-electron chi connectivity index (χ1n) is 9.45. The van der Waals surface area contributed by atoms with Gasteiger partial charge >= 0.3 is 0 Å². The Labute approximate surface area is 190 Å². The maximum Gasteiger partial charge on any atom is 0.288 e. The van der Waals surface area contributed by atoms with Crippen molar-refractivity contribution in [2.45, 2.75) is 6.92 Å². The number of allylic oxidation sites excluding steroid dienone is 1. The average Bonchev–Trinajstić information content (AvgIpc) is 3.46. The molecule has 2 aromatic heterocycles. The SMILES string of the molecule is Cc1cn2c(/C=C/C(=O)c3ccc4c(c3)OCO4)c(-c3ccc(Cl)c([N+](=O)[O-])c3)nc2s1. The Morgan fingerprint density at radius 3 is 2.88 bits per heavy atom. The first kappa shape index (κ1) is 20.2. The van der Waals surface area contributed by atoms with Crippen LogP contribution in [-0.2, 0) is 0 Å². The molecule has 2 aromatic carbocycles. The van der Waals surface area contributed by atoms with Crippen molar-refractivity contribution in [3.8, 4) is 22.8 Å². The molecule has 0 unspecified atom stereocenters. The molecule has 10 heteroatoms. The number of carbonyl (C=O) groups excluding carboxylic acids is 1. The number of nitro groups is 1. The molecule has 32 heavy (non-hydrogen) atoms. The van der Waals surface area contributed by atoms with Crippen molar-refractivity contribution in [3.05, 3.63) is 79.9 Å². The molecular weight excluding hydrogens is 454 g/mol. The second kappa shape index (κ2) is 7.77. The lowest BCUT2D eigenvalue weighted by Crippen LogP contribution is -1.95. The molecule has 8 nitrogen and oxygen atoms in total. The molecule has 0 saturated heterocycles. The van der Waals surface area contributed by atoms with E-state index in [1.54, 1.807) is 30.3 Å². The lowest BCUT2D eigenvalue weighted by atomic mass is 10.1. The Morgan fingerprint density at radius 2 is 2.06 bits per heavy atom. The number of ketones is 1. The van der Waals surface area contributed by atoms with Crippen LogP contribution in [0, 0.1) is 17.0 Å². The Bertz CT molecular complexity index is 1440. The van der Waals surface area contributed by atoms with Crippen LogP contribution in [0.15, 0.2) is 48.7 Å². The highest BCUT2D eigenvalue weighted by Gasteiger charge is 2.20. The first-order valence-corrected chi connectivity index (χ1v) is 10.6. The molecule has 0 bridgehead atoms. The van der Waals surface area contributed by atoms with Gasteiger partial charge in [-0.3, -0.25) is 19.3 Å². The number of carbonyl (C=O) groups is 1. The molecule has 160 valence electrons. The van der Waals surface area contributed by atoms with E-state index in [1.807, 2.05) is 17.5 Å². The molecule has 0 radical (unpaired) electrons. The summed E-state index contributed by atoms with van der Waals surface area (Å²) in [5, 5.41) is 11.4. The number of fused-ring (bicyclic) bond motifs is 2. The second-order valence-corrected chi connectivity index (χ2v) is 8.65. The molecule has 0 N–H and O–H groups in total. The summed E-state index contributed by atoms with van der Waals surface area (Å²) < 4.78 is 12.5. The minimum Gasteiger partial charge on any atom is -0.454 e. The summed E-state index contributed by atoms with van der Waals surface area (Å²) in [6.07, 6.45) is 5.02. The molecule has 1 aliphatic heterocycles. The predicted octanol–water partition coefficient (Wildman–Crippen LogP) is 5.56. The summed E-state index contributed by atoms with van der Waals surface area (Å²) in [6, 6.07) is 9.54. The third-order valence-corrected chi connectivity index (χ3v) is 6.16. The predicted molar refractivity (Wildman–Crippen MR) is 121 cm³/mol. The van der Waals surface area contributed by atoms with E-state index in [4.69, 9.17) is 21.1 Å². The summed E-state index contributed by atoms with van der Waals surface area (Å²) in [7, 11) is 0. The van der Waals surface area contributed by atoms with Gasteiger partial charge in [-0.2, -0.15) is 0 Å². The molecule has 0 amide bonds. The van der Waals surface area contributed by atoms with E-state index < -0.39 is 4.92 Å². The number of nitrogens with zero attached hydrogens (tertiary/aromatic N) is 3. The average molecular weight is 468 g/mol. The van der Waals surface area contributed by atoms with Gasteiger partial charge in [0, 0.05) is 28.3 Å². The highest BCUT2D eigenvalue weighted by molar-refractivity contribution is 7.17. The van der Waals surface area contributed by atoms with Crippen molar-refractivity contribution in [2.75, 3.05) is 6.79 Å². The Kier molecular flexibility index (Phi) is 4.91. The van der Waals surface area contributed by atoms with Crippen LogP contribution in [0.1, 0.15) is 20.9 Å². The van der Waals surface area contributed by atoms with Gasteiger partial charge in [0.25, 0.3) is 5.69 Å². The van der Waals surface area contributed by atoms with Crippen LogP contribution >= 0.6 is 22.9 Å². The smallest absolute Gasteiger partial charge is 0.288 e. The van der Waals surface area contributed by atoms with Crippen molar-refractivity contribution in [1.82, 2.24) is 9.38 Å². The van der Waals surface area contributed by atoms with Crippen molar-refractivity contribution in [2.24, 2.45) is 0 Å². The minimum absolute atomic E-state index is 0.0469. The van der Waals surface area contributed by atoms with E-state index in [0.717, 1.165) is 4.88 Å². The third kappa shape index (κ3) is 3.51. The van der Waals surface area contributed by atoms with Crippen LogP contribution < -0.4 is 9.47 Å². The molecule has 0 fully saturated rings. The standard InChI is InChI=1S/C22H14ClN3O5S/c1-12-10-25-16(5-6-18(27)13-3-7-19-20(9-13)31-11-30-19)21(24-22(25)32-12)14-2-4-15(23)17(8-14)26(28)29/h2-10H,11H2,1H3/b6-5+. The summed E-state index contributed by atoms with van der Waals surface area (Å²) in [5.74, 6) is 0.903. The Hall–Kier alpha value is -3.69. The van der Waals surface area contributed by atoms with E-state index in [1.165, 1.54) is 29.5 Å². The van der Waals surface area contributed by atoms with Crippen LogP contribution in [0.5, 0.6) is 11.5 Å². The highest BCUT2D eigenvalue weighted by Crippen LogP contribution is 2.35. The summed E-state index contributed by atoms with van der Waals surface area (Å²) >= 11 is 7.45. The van der Waals surface area contributed by atoms with Gasteiger partial charge in [-0.1, -0.05) is 17.7 Å². The maximum absolute atomic E-state index is 12.8. The van der Waals surface area contributed by atoms with Crippen molar-refractivity contribution < 1.29 is 19.2 Å². The van der Waals surface area contributed by atoms with E-state index in [9.17, 15) is 14.9 Å². The van der Waals surface area contributed by atoms with Gasteiger partial charge in [-0.05, 0) is 43.3 Å². The fourth-order valence-electron chi connectivity index (χ4n) is 3.45. The number of nitro benzene ring substituents is 1. The number of rotatable bonds is 5. The molecular formula is C22H14ClN3O5S. The number of hydrogen-bond acceptors (Lipinski definition) is 7. The zero-order valence-corrected chi connectivity index (χ0v) is 18.1. The molecule has 0 atom stereocenters. The second-order valence-electron chi connectivity index (χ2n) is 7.03. The van der Waals surface area contributed by atoms with E-state index >= 15 is 0 Å². The Balaban J connectivity index is 1.57. The van der Waals surface area contributed by atoms with Crippen LogP contribution in [-0.4, -0.2) is 26.9 Å². The van der Waals surface area contributed by atoms with Gasteiger partial charge < -0.3 is 9.47 Å². The maximum atomic E-state index is 12.8. The first-order chi connectivity index (χ1) is 15.4. The minimum atomic E-state index is -0.535. The largest absolute Gasteiger partial charge is 0.454 e. The van der Waals surface area contributed by atoms with Crippen LogP contribution in [0.4, 0.5) is 5.69 Å². The highest BCUT2D eigenvalue weighted by atomic mass is 35.5. The van der Waals surface area contributed by atoms with Crippen molar-refractivity contribution in [3.63, 3.8) is 0 Å². The quantitative estimate of drug-likeness (QED) is 0.165. The van der Waals surface area contributed by atoms with Gasteiger partial charge in [-0.15, -0.1) is 11.3 Å². The normalized spacial score (nSPS) is 12.7. The molecule has 4 aromatic rings. The lowest BCUT2D eigenvalue weighted by Gasteiger charge is -2.03. The van der Waals surface area contributed by atoms with Crippen molar-refractivity contribution >= 4 is 45.4 Å². The van der Waals surface area contributed by atoms with E-state index in [-0.39, 0.29) is 23.3 Å². The molecule has 0 saturated carbocycles. The van der Waals surface area contributed by atoms with E-state index in [0.29, 0.717) is 39.0 Å². The summed E-state index contributed by atoms with van der Waals surface area (Å²) in [5.41, 5.74) is 1.94. The lowest BCUT2D eigenvalue weighted by molar-refractivity contribution is -0.384. The van der Waals surface area contributed by atoms with Crippen molar-refractivity contribution in [1.29, 1.82) is 0 Å². The van der Waals surface area contributed by atoms with Gasteiger partial charge in [0.15, 0.2) is 22.2 Å². The number of benzene rings is 2. The van der Waals surface area contributed by atoms with Gasteiger partial charge in [0.05, 0.1) is 16.3 Å². The topological polar surface area (TPSA) is 96.0 Å². The number of thiazole rings is 1. The van der Waals surface area contributed by atoms with Crippen LogP contribution in [0.25, 0.3) is 22.3 Å². The van der Waals surface area contributed by atoms with Crippen LogP contribution in [0.2, 0.25) is 5.02 Å². The number of halogens is 1. The van der Waals surface area contributed by atoms with Gasteiger partial charge in [0.2, 0.25) is 6.79 Å². The molecule has 5 rings (SSSR count). The number of hydrogen-bond donors (Lipinski definition) is 0. The van der Waals surface area contributed by atoms with Gasteiger partial charge in [-0.25, -0.2) is 4.98 Å².